The molecule has 0 fully saturated rings. The van der Waals surface area contributed by atoms with Crippen LogP contribution in [0.2, 0.25) is 0 Å². The molecule has 152 valence electrons. The molecule has 7 heteroatoms. The van der Waals surface area contributed by atoms with Crippen molar-refractivity contribution in [2.24, 2.45) is 11.8 Å². The number of nitrogens with one attached hydrogen (secondary N) is 2. The predicted octanol–water partition coefficient (Wildman–Crippen LogP) is 3.91. The lowest BCUT2D eigenvalue weighted by atomic mass is 9.93. The molecule has 0 radical (unpaired) electrons. The Labute approximate surface area is 167 Å². The molecular weight excluding hydrogens is 376 g/mol. The molecule has 0 heterocycles. The van der Waals surface area contributed by atoms with Gasteiger partial charge in [0.05, 0.1) is 12.0 Å². The number of hydrogen-bond acceptors (Lipinski definition) is 4. The molecule has 0 aliphatic rings. The second-order valence-electron chi connectivity index (χ2n) is 7.35. The Kier molecular flexibility index (Phi) is 7.07. The van der Waals surface area contributed by atoms with Crippen LogP contribution in [-0.2, 0) is 10.0 Å². The van der Waals surface area contributed by atoms with Crippen LogP contribution in [-0.4, -0.2) is 27.5 Å². The number of hydrogen-bond donors (Lipinski definition) is 2. The highest BCUT2D eigenvalue weighted by Gasteiger charge is 2.20. The van der Waals surface area contributed by atoms with Crippen molar-refractivity contribution >= 4 is 21.6 Å². The SMILES string of the molecule is COc1ccc(S(=O)(=O)Nc2ccc(C(=O)NC(C(C)C)C(C)C)cc2)cc1. The molecule has 0 atom stereocenters. The fourth-order valence-corrected chi connectivity index (χ4v) is 4.06. The number of benzene rings is 2. The molecule has 6 nitrogen and oxygen atoms in total. The standard InChI is InChI=1S/C21H28N2O4S/c1-14(2)20(15(3)4)22-21(24)16-6-8-17(9-7-16)23-28(25,26)19-12-10-18(27-5)11-13-19/h6-15,20,23H,1-5H3,(H,22,24). The Morgan fingerprint density at radius 2 is 1.43 bits per heavy atom. The van der Waals surface area contributed by atoms with Crippen LogP contribution in [0.25, 0.3) is 0 Å². The second kappa shape index (κ2) is 9.10. The monoisotopic (exact) mass is 404 g/mol. The molecule has 28 heavy (non-hydrogen) atoms. The van der Waals surface area contributed by atoms with E-state index in [4.69, 9.17) is 4.74 Å². The Hall–Kier alpha value is -2.54. The van der Waals surface area contributed by atoms with Gasteiger partial charge in [0.2, 0.25) is 0 Å². The Bertz CT molecular complexity index is 881. The zero-order valence-electron chi connectivity index (χ0n) is 16.9. The van der Waals surface area contributed by atoms with Crippen molar-refractivity contribution in [3.63, 3.8) is 0 Å². The fraction of sp³-hybridized carbons (Fsp3) is 0.381. The van der Waals surface area contributed by atoms with Gasteiger partial charge in [0.15, 0.2) is 0 Å². The number of carbonyl (C=O) groups is 1. The van der Waals surface area contributed by atoms with Gasteiger partial charge in [-0.1, -0.05) is 27.7 Å². The number of anilines is 1. The van der Waals surface area contributed by atoms with Crippen LogP contribution in [0.15, 0.2) is 53.4 Å². The van der Waals surface area contributed by atoms with Crippen LogP contribution in [0.3, 0.4) is 0 Å². The molecule has 0 aliphatic carbocycles. The average Bonchev–Trinajstić information content (AvgIpc) is 2.65. The van der Waals surface area contributed by atoms with E-state index in [1.54, 1.807) is 36.4 Å². The van der Waals surface area contributed by atoms with E-state index in [2.05, 4.69) is 37.7 Å². The summed E-state index contributed by atoms with van der Waals surface area (Å²) in [6.45, 7) is 8.29. The Balaban J connectivity index is 2.10. The van der Waals surface area contributed by atoms with Crippen LogP contribution >= 0.6 is 0 Å². The van der Waals surface area contributed by atoms with Crippen LogP contribution in [0.1, 0.15) is 38.1 Å². The topological polar surface area (TPSA) is 84.5 Å². The molecule has 0 saturated heterocycles. The number of amides is 1. The minimum atomic E-state index is -3.72. The van der Waals surface area contributed by atoms with E-state index in [1.165, 1.54) is 19.2 Å². The lowest BCUT2D eigenvalue weighted by molar-refractivity contribution is 0.0910. The first kappa shape index (κ1) is 21.8. The van der Waals surface area contributed by atoms with Gasteiger partial charge in [-0.2, -0.15) is 0 Å². The molecule has 2 N–H and O–H groups in total. The number of sulfonamides is 1. The third kappa shape index (κ3) is 5.48. The Morgan fingerprint density at radius 3 is 1.89 bits per heavy atom. The van der Waals surface area contributed by atoms with Crippen molar-refractivity contribution in [2.75, 3.05) is 11.8 Å². The van der Waals surface area contributed by atoms with Crippen LogP contribution in [0.5, 0.6) is 5.75 Å². The van der Waals surface area contributed by atoms with Gasteiger partial charge in [-0.05, 0) is 60.4 Å². The zero-order chi connectivity index (χ0) is 20.9. The molecule has 0 unspecified atom stereocenters. The summed E-state index contributed by atoms with van der Waals surface area (Å²) in [6, 6.07) is 12.6. The van der Waals surface area contributed by atoms with E-state index in [-0.39, 0.29) is 16.8 Å². The predicted molar refractivity (Wildman–Crippen MR) is 111 cm³/mol. The van der Waals surface area contributed by atoms with Gasteiger partial charge in [0.1, 0.15) is 5.75 Å². The quantitative estimate of drug-likeness (QED) is 0.699. The van der Waals surface area contributed by atoms with E-state index >= 15 is 0 Å². The highest BCUT2D eigenvalue weighted by atomic mass is 32.2. The van der Waals surface area contributed by atoms with Gasteiger partial charge in [-0.3, -0.25) is 9.52 Å². The van der Waals surface area contributed by atoms with Crippen molar-refractivity contribution in [1.82, 2.24) is 5.32 Å². The van der Waals surface area contributed by atoms with Crippen molar-refractivity contribution in [1.29, 1.82) is 0 Å². The molecule has 0 aliphatic heterocycles. The first-order valence-corrected chi connectivity index (χ1v) is 10.7. The summed E-state index contributed by atoms with van der Waals surface area (Å²) in [5, 5.41) is 3.05. The van der Waals surface area contributed by atoms with Crippen molar-refractivity contribution in [2.45, 2.75) is 38.6 Å². The summed E-state index contributed by atoms with van der Waals surface area (Å²) in [5.74, 6) is 1.05. The molecule has 0 bridgehead atoms. The molecule has 2 aromatic rings. The molecule has 2 rings (SSSR count). The van der Waals surface area contributed by atoms with Gasteiger partial charge < -0.3 is 10.1 Å². The van der Waals surface area contributed by atoms with E-state index in [0.717, 1.165) is 0 Å². The van der Waals surface area contributed by atoms with E-state index in [9.17, 15) is 13.2 Å². The fourth-order valence-electron chi connectivity index (χ4n) is 3.00. The smallest absolute Gasteiger partial charge is 0.261 e. The second-order valence-corrected chi connectivity index (χ2v) is 9.03. The molecule has 1 amide bonds. The zero-order valence-corrected chi connectivity index (χ0v) is 17.7. The van der Waals surface area contributed by atoms with Crippen molar-refractivity contribution in [3.8, 4) is 5.75 Å². The highest BCUT2D eigenvalue weighted by Crippen LogP contribution is 2.20. The first-order chi connectivity index (χ1) is 13.1. The third-order valence-corrected chi connectivity index (χ3v) is 5.90. The lowest BCUT2D eigenvalue weighted by Crippen LogP contribution is -2.42. The minimum absolute atomic E-state index is 0.0701. The number of carbonyl (C=O) groups excluding carboxylic acids is 1. The van der Waals surface area contributed by atoms with Crippen LogP contribution in [0.4, 0.5) is 5.69 Å². The summed E-state index contributed by atoms with van der Waals surface area (Å²) in [7, 11) is -2.20. The maximum atomic E-state index is 12.5. The summed E-state index contributed by atoms with van der Waals surface area (Å²) in [5.41, 5.74) is 0.871. The molecule has 0 spiro atoms. The number of rotatable bonds is 8. The molecule has 2 aromatic carbocycles. The molecule has 0 saturated carbocycles. The summed E-state index contributed by atoms with van der Waals surface area (Å²) in [4.78, 5) is 12.6. The molecule has 0 aromatic heterocycles. The first-order valence-electron chi connectivity index (χ1n) is 9.22. The van der Waals surface area contributed by atoms with Gasteiger partial charge in [0.25, 0.3) is 15.9 Å². The van der Waals surface area contributed by atoms with E-state index < -0.39 is 10.0 Å². The van der Waals surface area contributed by atoms with Gasteiger partial charge in [-0.15, -0.1) is 0 Å². The largest absolute Gasteiger partial charge is 0.497 e. The normalized spacial score (nSPS) is 11.7. The lowest BCUT2D eigenvalue weighted by Gasteiger charge is -2.26. The number of methoxy groups -OCH3 is 1. The number of ether oxygens (including phenoxy) is 1. The molecular formula is C21H28N2O4S. The maximum absolute atomic E-state index is 12.5. The van der Waals surface area contributed by atoms with Gasteiger partial charge in [0, 0.05) is 17.3 Å². The van der Waals surface area contributed by atoms with Gasteiger partial charge in [-0.25, -0.2) is 8.42 Å². The van der Waals surface area contributed by atoms with E-state index in [1.807, 2.05) is 0 Å². The average molecular weight is 405 g/mol. The van der Waals surface area contributed by atoms with Gasteiger partial charge >= 0.3 is 0 Å². The van der Waals surface area contributed by atoms with Crippen LogP contribution in [0, 0.1) is 11.8 Å². The summed E-state index contributed by atoms with van der Waals surface area (Å²) >= 11 is 0. The summed E-state index contributed by atoms with van der Waals surface area (Å²) < 4.78 is 32.5. The highest BCUT2D eigenvalue weighted by molar-refractivity contribution is 7.92. The van der Waals surface area contributed by atoms with Crippen LogP contribution < -0.4 is 14.8 Å². The van der Waals surface area contributed by atoms with Crippen molar-refractivity contribution < 1.29 is 17.9 Å². The maximum Gasteiger partial charge on any atom is 0.261 e. The van der Waals surface area contributed by atoms with Crippen molar-refractivity contribution in [3.05, 3.63) is 54.1 Å². The Morgan fingerprint density at radius 1 is 0.893 bits per heavy atom. The summed E-state index contributed by atoms with van der Waals surface area (Å²) in [6.07, 6.45) is 0. The third-order valence-electron chi connectivity index (χ3n) is 4.50. The minimum Gasteiger partial charge on any atom is -0.497 e. The van der Waals surface area contributed by atoms with E-state index in [0.29, 0.717) is 28.8 Å².